The van der Waals surface area contributed by atoms with Crippen LogP contribution in [-0.2, 0) is 9.53 Å². The molecule has 9 heteroatoms. The van der Waals surface area contributed by atoms with Crippen molar-refractivity contribution < 1.29 is 14.3 Å². The number of rotatable bonds is 6. The highest BCUT2D eigenvalue weighted by atomic mass is 35.5. The van der Waals surface area contributed by atoms with E-state index in [1.807, 2.05) is 4.90 Å². The molecule has 4 atom stereocenters. The molecule has 4 saturated heterocycles. The molecule has 0 saturated carbocycles. The van der Waals surface area contributed by atoms with Gasteiger partial charge >= 0.3 is 0 Å². The van der Waals surface area contributed by atoms with Crippen LogP contribution < -0.4 is 9.64 Å². The Kier molecular flexibility index (Phi) is 6.71. The van der Waals surface area contributed by atoms with E-state index in [4.69, 9.17) is 21.1 Å². The SMILES string of the molecule is CN(c1nc(Cl)cc(O[C@H]2CCOC2)n1)C1C[C@H]2CCC[C@@H](C1)N2CC(=O)N1CCCC1. The zero-order valence-corrected chi connectivity index (χ0v) is 19.7. The van der Waals surface area contributed by atoms with Crippen molar-refractivity contribution in [3.63, 3.8) is 0 Å². The zero-order valence-electron chi connectivity index (χ0n) is 18.9. The lowest BCUT2D eigenvalue weighted by Crippen LogP contribution is -2.58. The second kappa shape index (κ2) is 9.69. The predicted molar refractivity (Wildman–Crippen MR) is 122 cm³/mol. The fraction of sp³-hybridized carbons (Fsp3) is 0.783. The number of hydrogen-bond acceptors (Lipinski definition) is 7. The first-order valence-electron chi connectivity index (χ1n) is 12.1. The summed E-state index contributed by atoms with van der Waals surface area (Å²) >= 11 is 6.32. The first-order chi connectivity index (χ1) is 15.6. The molecule has 0 aromatic carbocycles. The van der Waals surface area contributed by atoms with Crippen LogP contribution in [0.2, 0.25) is 5.15 Å². The summed E-state index contributed by atoms with van der Waals surface area (Å²) in [5.74, 6) is 1.43. The lowest BCUT2D eigenvalue weighted by molar-refractivity contribution is -0.134. The molecule has 176 valence electrons. The Balaban J connectivity index is 1.26. The third kappa shape index (κ3) is 4.82. The molecule has 5 rings (SSSR count). The maximum absolute atomic E-state index is 12.8. The Labute approximate surface area is 195 Å². The number of fused-ring (bicyclic) bond motifs is 2. The Morgan fingerprint density at radius 1 is 1.19 bits per heavy atom. The van der Waals surface area contributed by atoms with Crippen LogP contribution in [0.5, 0.6) is 5.88 Å². The average Bonchev–Trinajstić information content (AvgIpc) is 3.47. The van der Waals surface area contributed by atoms with E-state index in [-0.39, 0.29) is 6.10 Å². The Morgan fingerprint density at radius 3 is 2.62 bits per heavy atom. The molecule has 8 nitrogen and oxygen atoms in total. The number of anilines is 1. The van der Waals surface area contributed by atoms with Gasteiger partial charge in [-0.3, -0.25) is 9.69 Å². The van der Waals surface area contributed by atoms with Crippen LogP contribution in [0.3, 0.4) is 0 Å². The van der Waals surface area contributed by atoms with Crippen LogP contribution in [0.1, 0.15) is 51.4 Å². The van der Waals surface area contributed by atoms with Crippen LogP contribution >= 0.6 is 11.6 Å². The Hall–Kier alpha value is -1.64. The van der Waals surface area contributed by atoms with Gasteiger partial charge in [-0.25, -0.2) is 4.98 Å². The predicted octanol–water partition coefficient (Wildman–Crippen LogP) is 2.74. The molecule has 5 heterocycles. The van der Waals surface area contributed by atoms with E-state index in [9.17, 15) is 4.79 Å². The van der Waals surface area contributed by atoms with Crippen molar-refractivity contribution in [2.24, 2.45) is 0 Å². The Bertz CT molecular complexity index is 801. The fourth-order valence-corrected chi connectivity index (χ4v) is 5.96. The van der Waals surface area contributed by atoms with Gasteiger partial charge in [0.15, 0.2) is 0 Å². The number of hydrogen-bond donors (Lipinski definition) is 0. The molecule has 0 spiro atoms. The van der Waals surface area contributed by atoms with Crippen LogP contribution in [-0.4, -0.2) is 89.8 Å². The number of likely N-dealkylation sites (tertiary alicyclic amines) is 1. The minimum absolute atomic E-state index is 0.0230. The molecule has 1 aromatic rings. The molecule has 4 fully saturated rings. The van der Waals surface area contributed by atoms with E-state index >= 15 is 0 Å². The van der Waals surface area contributed by atoms with Crippen LogP contribution in [0.25, 0.3) is 0 Å². The summed E-state index contributed by atoms with van der Waals surface area (Å²) in [6, 6.07) is 2.88. The minimum atomic E-state index is 0.0230. The van der Waals surface area contributed by atoms with Crippen molar-refractivity contribution in [1.82, 2.24) is 19.8 Å². The van der Waals surface area contributed by atoms with Gasteiger partial charge in [-0.05, 0) is 38.5 Å². The summed E-state index contributed by atoms with van der Waals surface area (Å²) in [5.41, 5.74) is 0. The van der Waals surface area contributed by atoms with Gasteiger partial charge in [-0.15, -0.1) is 0 Å². The lowest BCUT2D eigenvalue weighted by atomic mass is 9.81. The van der Waals surface area contributed by atoms with Gasteiger partial charge in [0.25, 0.3) is 0 Å². The highest BCUT2D eigenvalue weighted by molar-refractivity contribution is 6.29. The van der Waals surface area contributed by atoms with Crippen molar-refractivity contribution in [1.29, 1.82) is 0 Å². The molecule has 2 bridgehead atoms. The quantitative estimate of drug-likeness (QED) is 0.600. The summed E-state index contributed by atoms with van der Waals surface area (Å²) in [5, 5.41) is 0.393. The van der Waals surface area contributed by atoms with Crippen molar-refractivity contribution in [2.45, 2.75) is 75.6 Å². The zero-order chi connectivity index (χ0) is 22.1. The van der Waals surface area contributed by atoms with E-state index in [0.717, 1.165) is 64.6 Å². The van der Waals surface area contributed by atoms with E-state index in [0.29, 0.717) is 54.2 Å². The number of halogens is 1. The average molecular weight is 464 g/mol. The van der Waals surface area contributed by atoms with E-state index in [1.54, 1.807) is 6.07 Å². The van der Waals surface area contributed by atoms with Gasteiger partial charge in [0.2, 0.25) is 17.7 Å². The third-order valence-corrected chi connectivity index (χ3v) is 7.77. The second-order valence-corrected chi connectivity index (χ2v) is 10.1. The molecule has 4 aliphatic heterocycles. The van der Waals surface area contributed by atoms with Gasteiger partial charge in [-0.2, -0.15) is 4.98 Å². The van der Waals surface area contributed by atoms with Gasteiger partial charge < -0.3 is 19.3 Å². The van der Waals surface area contributed by atoms with Crippen LogP contribution in [0.4, 0.5) is 5.95 Å². The number of nitrogens with zero attached hydrogens (tertiary/aromatic N) is 5. The molecule has 0 aliphatic carbocycles. The maximum Gasteiger partial charge on any atom is 0.236 e. The number of amides is 1. The van der Waals surface area contributed by atoms with E-state index < -0.39 is 0 Å². The highest BCUT2D eigenvalue weighted by Gasteiger charge is 2.41. The first-order valence-corrected chi connectivity index (χ1v) is 12.5. The second-order valence-electron chi connectivity index (χ2n) is 9.67. The highest BCUT2D eigenvalue weighted by Crippen LogP contribution is 2.37. The smallest absolute Gasteiger partial charge is 0.236 e. The molecule has 0 N–H and O–H groups in total. The molecular weight excluding hydrogens is 430 g/mol. The number of carbonyl (C=O) groups is 1. The molecular formula is C23H34ClN5O3. The standard InChI is InChI=1S/C23H34ClN5O3/c1-27(23-25-20(24)13-21(26-23)32-19-7-10-31-15-19)18-11-16-5-4-6-17(12-18)29(16)14-22(30)28-8-2-3-9-28/h13,16-19H,2-12,14-15H2,1H3/t16-,17+,18?,19-/m0/s1. The third-order valence-electron chi connectivity index (χ3n) is 7.58. The van der Waals surface area contributed by atoms with Gasteiger partial charge in [-0.1, -0.05) is 18.0 Å². The number of carbonyl (C=O) groups excluding carboxylic acids is 1. The van der Waals surface area contributed by atoms with Gasteiger partial charge in [0, 0.05) is 50.7 Å². The lowest BCUT2D eigenvalue weighted by Gasteiger charge is -2.50. The minimum Gasteiger partial charge on any atom is -0.472 e. The van der Waals surface area contributed by atoms with Gasteiger partial charge in [0.05, 0.1) is 19.8 Å². The fourth-order valence-electron chi connectivity index (χ4n) is 5.79. The monoisotopic (exact) mass is 463 g/mol. The van der Waals surface area contributed by atoms with E-state index in [1.165, 1.54) is 6.42 Å². The number of ether oxygens (including phenoxy) is 2. The maximum atomic E-state index is 12.8. The normalized spacial score (nSPS) is 30.5. The van der Waals surface area contributed by atoms with E-state index in [2.05, 4.69) is 26.8 Å². The van der Waals surface area contributed by atoms with Crippen molar-refractivity contribution in [3.8, 4) is 5.88 Å². The molecule has 0 radical (unpaired) electrons. The first kappa shape index (κ1) is 22.2. The topological polar surface area (TPSA) is 71.0 Å². The Morgan fingerprint density at radius 2 is 1.94 bits per heavy atom. The van der Waals surface area contributed by atoms with Gasteiger partial charge in [0.1, 0.15) is 11.3 Å². The summed E-state index contributed by atoms with van der Waals surface area (Å²) in [7, 11) is 2.06. The summed E-state index contributed by atoms with van der Waals surface area (Å²) < 4.78 is 11.4. The van der Waals surface area contributed by atoms with Crippen molar-refractivity contribution in [3.05, 3.63) is 11.2 Å². The molecule has 1 aromatic heterocycles. The number of aromatic nitrogens is 2. The van der Waals surface area contributed by atoms with Crippen molar-refractivity contribution >= 4 is 23.5 Å². The summed E-state index contributed by atoms with van der Waals surface area (Å²) in [6.45, 7) is 3.73. The summed E-state index contributed by atoms with van der Waals surface area (Å²) in [6.07, 6.45) is 8.76. The molecule has 1 amide bonds. The van der Waals surface area contributed by atoms with Crippen LogP contribution in [0, 0.1) is 0 Å². The molecule has 4 aliphatic rings. The number of piperidine rings is 2. The largest absolute Gasteiger partial charge is 0.472 e. The van der Waals surface area contributed by atoms with Crippen LogP contribution in [0.15, 0.2) is 6.07 Å². The molecule has 1 unspecified atom stereocenters. The molecule has 32 heavy (non-hydrogen) atoms. The summed E-state index contributed by atoms with van der Waals surface area (Å²) in [4.78, 5) is 28.7. The van der Waals surface area contributed by atoms with Crippen molar-refractivity contribution in [2.75, 3.05) is 44.8 Å².